The van der Waals surface area contributed by atoms with Crippen molar-refractivity contribution in [1.29, 1.82) is 0 Å². The SMILES string of the molecule is Cn1nc(CC(NN)C2CCC2)c2ccccc21. The summed E-state index contributed by atoms with van der Waals surface area (Å²) in [5.74, 6) is 6.42. The zero-order valence-corrected chi connectivity index (χ0v) is 10.8. The maximum atomic E-state index is 5.70. The van der Waals surface area contributed by atoms with Crippen LogP contribution in [0, 0.1) is 5.92 Å². The van der Waals surface area contributed by atoms with Crippen LogP contribution in [-0.4, -0.2) is 15.8 Å². The molecule has 0 radical (unpaired) electrons. The number of nitrogens with zero attached hydrogens (tertiary/aromatic N) is 2. The zero-order valence-electron chi connectivity index (χ0n) is 10.8. The summed E-state index contributed by atoms with van der Waals surface area (Å²) in [4.78, 5) is 0. The van der Waals surface area contributed by atoms with Crippen LogP contribution in [-0.2, 0) is 13.5 Å². The Hall–Kier alpha value is -1.39. The molecule has 18 heavy (non-hydrogen) atoms. The van der Waals surface area contributed by atoms with Gasteiger partial charge in [0.1, 0.15) is 0 Å². The third-order valence-corrected chi connectivity index (χ3v) is 4.18. The van der Waals surface area contributed by atoms with Gasteiger partial charge < -0.3 is 0 Å². The molecule has 0 spiro atoms. The molecule has 1 fully saturated rings. The highest BCUT2D eigenvalue weighted by atomic mass is 15.3. The van der Waals surface area contributed by atoms with Crippen LogP contribution in [0.5, 0.6) is 0 Å². The number of aryl methyl sites for hydroxylation is 1. The number of nitrogens with two attached hydrogens (primary N) is 1. The molecule has 1 unspecified atom stereocenters. The number of hydrogen-bond donors (Lipinski definition) is 2. The van der Waals surface area contributed by atoms with E-state index in [0.717, 1.165) is 18.0 Å². The quantitative estimate of drug-likeness (QED) is 0.636. The molecular weight excluding hydrogens is 224 g/mol. The molecule has 3 rings (SSSR count). The fourth-order valence-corrected chi connectivity index (χ4v) is 2.85. The molecular formula is C14H20N4. The average Bonchev–Trinajstić information content (AvgIpc) is 2.64. The third-order valence-electron chi connectivity index (χ3n) is 4.18. The second kappa shape index (κ2) is 4.71. The molecule has 1 saturated carbocycles. The Kier molecular flexibility index (Phi) is 3.06. The van der Waals surface area contributed by atoms with Gasteiger partial charge in [0.15, 0.2) is 0 Å². The molecule has 1 aliphatic carbocycles. The van der Waals surface area contributed by atoms with Gasteiger partial charge in [0.05, 0.1) is 11.2 Å². The van der Waals surface area contributed by atoms with Crippen LogP contribution in [0.1, 0.15) is 25.0 Å². The molecule has 96 valence electrons. The van der Waals surface area contributed by atoms with Crippen molar-refractivity contribution in [3.05, 3.63) is 30.0 Å². The van der Waals surface area contributed by atoms with E-state index in [-0.39, 0.29) is 0 Å². The Labute approximate surface area is 107 Å². The maximum absolute atomic E-state index is 5.70. The molecule has 0 aliphatic heterocycles. The number of para-hydroxylation sites is 1. The summed E-state index contributed by atoms with van der Waals surface area (Å²) in [6.45, 7) is 0. The summed E-state index contributed by atoms with van der Waals surface area (Å²) in [5, 5.41) is 5.89. The predicted molar refractivity (Wildman–Crippen MR) is 72.9 cm³/mol. The lowest BCUT2D eigenvalue weighted by Gasteiger charge is -2.33. The maximum Gasteiger partial charge on any atom is 0.0719 e. The number of aromatic nitrogens is 2. The van der Waals surface area contributed by atoms with Crippen LogP contribution in [0.3, 0.4) is 0 Å². The van der Waals surface area contributed by atoms with E-state index in [4.69, 9.17) is 5.84 Å². The average molecular weight is 244 g/mol. The predicted octanol–water partition coefficient (Wildman–Crippen LogP) is 1.75. The lowest BCUT2D eigenvalue weighted by molar-refractivity contribution is 0.228. The van der Waals surface area contributed by atoms with Gasteiger partial charge >= 0.3 is 0 Å². The first-order valence-corrected chi connectivity index (χ1v) is 6.66. The molecule has 0 amide bonds. The summed E-state index contributed by atoms with van der Waals surface area (Å²) >= 11 is 0. The lowest BCUT2D eigenvalue weighted by Crippen LogP contribution is -2.45. The number of hydrogen-bond acceptors (Lipinski definition) is 3. The van der Waals surface area contributed by atoms with E-state index >= 15 is 0 Å². The van der Waals surface area contributed by atoms with Crippen molar-refractivity contribution in [3.63, 3.8) is 0 Å². The van der Waals surface area contributed by atoms with Crippen LogP contribution in [0.4, 0.5) is 0 Å². The Morgan fingerprint density at radius 1 is 1.44 bits per heavy atom. The fraction of sp³-hybridized carbons (Fsp3) is 0.500. The minimum absolute atomic E-state index is 0.358. The molecule has 4 nitrogen and oxygen atoms in total. The summed E-state index contributed by atoms with van der Waals surface area (Å²) in [5.41, 5.74) is 5.32. The van der Waals surface area contributed by atoms with Gasteiger partial charge in [-0.1, -0.05) is 24.6 Å². The van der Waals surface area contributed by atoms with Crippen molar-refractivity contribution in [1.82, 2.24) is 15.2 Å². The molecule has 2 aromatic rings. The smallest absolute Gasteiger partial charge is 0.0719 e. The number of rotatable bonds is 4. The van der Waals surface area contributed by atoms with E-state index in [1.54, 1.807) is 0 Å². The van der Waals surface area contributed by atoms with E-state index in [9.17, 15) is 0 Å². The molecule has 1 atom stereocenters. The first-order chi connectivity index (χ1) is 8.79. The second-order valence-electron chi connectivity index (χ2n) is 5.26. The van der Waals surface area contributed by atoms with E-state index in [1.807, 2.05) is 11.7 Å². The molecule has 1 aromatic heterocycles. The third kappa shape index (κ3) is 1.91. The Balaban J connectivity index is 1.89. The highest BCUT2D eigenvalue weighted by molar-refractivity contribution is 5.81. The fourth-order valence-electron chi connectivity index (χ4n) is 2.85. The van der Waals surface area contributed by atoms with Crippen LogP contribution >= 0.6 is 0 Å². The number of benzene rings is 1. The first-order valence-electron chi connectivity index (χ1n) is 6.66. The largest absolute Gasteiger partial charge is 0.271 e. The number of fused-ring (bicyclic) bond motifs is 1. The van der Waals surface area contributed by atoms with Gasteiger partial charge in [-0.3, -0.25) is 16.0 Å². The highest BCUT2D eigenvalue weighted by Crippen LogP contribution is 2.31. The molecule has 4 heteroatoms. The van der Waals surface area contributed by atoms with E-state index < -0.39 is 0 Å². The lowest BCUT2D eigenvalue weighted by atomic mass is 9.78. The molecule has 1 aromatic carbocycles. The van der Waals surface area contributed by atoms with Crippen molar-refractivity contribution in [3.8, 4) is 0 Å². The minimum Gasteiger partial charge on any atom is -0.271 e. The number of nitrogens with one attached hydrogen (secondary N) is 1. The number of hydrazine groups is 1. The second-order valence-corrected chi connectivity index (χ2v) is 5.26. The Morgan fingerprint density at radius 3 is 2.89 bits per heavy atom. The van der Waals surface area contributed by atoms with Crippen molar-refractivity contribution >= 4 is 10.9 Å². The van der Waals surface area contributed by atoms with E-state index in [0.29, 0.717) is 6.04 Å². The van der Waals surface area contributed by atoms with E-state index in [1.165, 1.54) is 30.2 Å². The van der Waals surface area contributed by atoms with Crippen molar-refractivity contribution in [2.75, 3.05) is 0 Å². The van der Waals surface area contributed by atoms with Crippen LogP contribution in [0.2, 0.25) is 0 Å². The molecule has 0 saturated heterocycles. The van der Waals surface area contributed by atoms with Gasteiger partial charge in [-0.25, -0.2) is 0 Å². The van der Waals surface area contributed by atoms with Gasteiger partial charge in [0, 0.05) is 24.9 Å². The summed E-state index contributed by atoms with van der Waals surface area (Å²) in [6, 6.07) is 8.74. The topological polar surface area (TPSA) is 55.9 Å². The molecule has 0 bridgehead atoms. The van der Waals surface area contributed by atoms with Crippen molar-refractivity contribution < 1.29 is 0 Å². The zero-order chi connectivity index (χ0) is 12.5. The Bertz CT molecular complexity index is 542. The summed E-state index contributed by atoms with van der Waals surface area (Å²) in [7, 11) is 2.00. The van der Waals surface area contributed by atoms with Crippen molar-refractivity contribution in [2.45, 2.75) is 31.7 Å². The molecule has 3 N–H and O–H groups in total. The first kappa shape index (κ1) is 11.7. The molecule has 1 heterocycles. The Morgan fingerprint density at radius 2 is 2.22 bits per heavy atom. The van der Waals surface area contributed by atoms with E-state index in [2.05, 4.69) is 34.8 Å². The van der Waals surface area contributed by atoms with Gasteiger partial charge in [-0.15, -0.1) is 0 Å². The van der Waals surface area contributed by atoms with Crippen LogP contribution in [0.25, 0.3) is 10.9 Å². The molecule has 1 aliphatic rings. The standard InChI is InChI=1S/C14H20N4/c1-18-14-8-3-2-7-11(14)13(17-18)9-12(16-15)10-5-4-6-10/h2-3,7-8,10,12,16H,4-6,9,15H2,1H3. The van der Waals surface area contributed by atoms with Crippen LogP contribution < -0.4 is 11.3 Å². The van der Waals surface area contributed by atoms with Gasteiger partial charge in [-0.05, 0) is 24.8 Å². The summed E-state index contributed by atoms with van der Waals surface area (Å²) < 4.78 is 1.96. The highest BCUT2D eigenvalue weighted by Gasteiger charge is 2.27. The van der Waals surface area contributed by atoms with Gasteiger partial charge in [0.25, 0.3) is 0 Å². The monoisotopic (exact) mass is 244 g/mol. The normalized spacial score (nSPS) is 17.9. The minimum atomic E-state index is 0.358. The van der Waals surface area contributed by atoms with Gasteiger partial charge in [0.2, 0.25) is 0 Å². The van der Waals surface area contributed by atoms with Gasteiger partial charge in [-0.2, -0.15) is 5.10 Å². The summed E-state index contributed by atoms with van der Waals surface area (Å²) in [6.07, 6.45) is 4.84. The van der Waals surface area contributed by atoms with Crippen molar-refractivity contribution in [2.24, 2.45) is 18.8 Å². The van der Waals surface area contributed by atoms with Crippen LogP contribution in [0.15, 0.2) is 24.3 Å².